The summed E-state index contributed by atoms with van der Waals surface area (Å²) in [6.07, 6.45) is 5.68. The highest BCUT2D eigenvalue weighted by molar-refractivity contribution is 7.91. The second kappa shape index (κ2) is 12.7. The summed E-state index contributed by atoms with van der Waals surface area (Å²) >= 11 is 0. The highest BCUT2D eigenvalue weighted by atomic mass is 32.2. The van der Waals surface area contributed by atoms with E-state index in [2.05, 4.69) is 4.98 Å². The SMILES string of the molecule is CCS(=O)(=O)c1nc(OC(C)(C)C)c2cc(C3CC3)c(-c3c(C)c(F)cc4c3cnn4C3CCCCO3)c(O[C@@H](C)c3ccccc3)c2n1. The van der Waals surface area contributed by atoms with Crippen molar-refractivity contribution in [2.45, 2.75) is 103 Å². The number of aromatic nitrogens is 4. The van der Waals surface area contributed by atoms with Gasteiger partial charge in [0.2, 0.25) is 15.7 Å². The van der Waals surface area contributed by atoms with Crippen molar-refractivity contribution in [2.24, 2.45) is 0 Å². The highest BCUT2D eigenvalue weighted by Gasteiger charge is 2.35. The van der Waals surface area contributed by atoms with Crippen LogP contribution in [0.4, 0.5) is 4.39 Å². The van der Waals surface area contributed by atoms with E-state index in [0.29, 0.717) is 45.5 Å². The molecule has 7 rings (SSSR count). The number of hydrogen-bond acceptors (Lipinski definition) is 8. The Morgan fingerprint density at radius 2 is 1.80 bits per heavy atom. The van der Waals surface area contributed by atoms with Crippen LogP contribution < -0.4 is 9.47 Å². The van der Waals surface area contributed by atoms with E-state index in [-0.39, 0.29) is 34.8 Å². The van der Waals surface area contributed by atoms with Crippen molar-refractivity contribution in [3.8, 4) is 22.8 Å². The first-order chi connectivity index (χ1) is 23.4. The van der Waals surface area contributed by atoms with Gasteiger partial charge >= 0.3 is 0 Å². The van der Waals surface area contributed by atoms with Gasteiger partial charge in [0, 0.05) is 29.2 Å². The van der Waals surface area contributed by atoms with Gasteiger partial charge in [0.05, 0.1) is 22.9 Å². The number of hydrogen-bond donors (Lipinski definition) is 0. The third-order valence-electron chi connectivity index (χ3n) is 9.34. The molecule has 5 aromatic rings. The summed E-state index contributed by atoms with van der Waals surface area (Å²) in [5.74, 6) is 0.130. The average molecular weight is 687 g/mol. The molecular formula is C38H43FN4O5S. The van der Waals surface area contributed by atoms with E-state index >= 15 is 4.39 Å². The lowest BCUT2D eigenvalue weighted by Crippen LogP contribution is -2.24. The van der Waals surface area contributed by atoms with E-state index in [1.54, 1.807) is 24.7 Å². The van der Waals surface area contributed by atoms with Gasteiger partial charge in [-0.05, 0) is 95.4 Å². The fourth-order valence-corrected chi connectivity index (χ4v) is 7.34. The number of sulfone groups is 1. The first-order valence-corrected chi connectivity index (χ1v) is 18.8. The van der Waals surface area contributed by atoms with Crippen LogP contribution in [-0.2, 0) is 14.6 Å². The zero-order valence-electron chi connectivity index (χ0n) is 28.9. The van der Waals surface area contributed by atoms with E-state index in [4.69, 9.17) is 24.3 Å². The fourth-order valence-electron chi connectivity index (χ4n) is 6.63. The fraction of sp³-hybridized carbons (Fsp3) is 0.447. The van der Waals surface area contributed by atoms with Crippen LogP contribution in [0.2, 0.25) is 0 Å². The molecule has 2 atom stereocenters. The quantitative estimate of drug-likeness (QED) is 0.142. The summed E-state index contributed by atoms with van der Waals surface area (Å²) in [7, 11) is -3.86. The Bertz CT molecular complexity index is 2150. The number of fused-ring (bicyclic) bond motifs is 2. The van der Waals surface area contributed by atoms with Gasteiger partial charge in [-0.1, -0.05) is 37.3 Å². The zero-order chi connectivity index (χ0) is 34.7. The van der Waals surface area contributed by atoms with E-state index in [1.807, 2.05) is 64.1 Å². The molecule has 0 amide bonds. The Hall–Kier alpha value is -4.09. The first kappa shape index (κ1) is 33.4. The number of nitrogens with zero attached hydrogens (tertiary/aromatic N) is 4. The summed E-state index contributed by atoms with van der Waals surface area (Å²) in [6, 6.07) is 13.3. The van der Waals surface area contributed by atoms with Gasteiger partial charge < -0.3 is 14.2 Å². The van der Waals surface area contributed by atoms with Crippen LogP contribution in [0.25, 0.3) is 32.9 Å². The van der Waals surface area contributed by atoms with Crippen LogP contribution >= 0.6 is 0 Å². The molecule has 0 radical (unpaired) electrons. The monoisotopic (exact) mass is 686 g/mol. The minimum Gasteiger partial charge on any atom is -0.483 e. The second-order valence-electron chi connectivity index (χ2n) is 14.1. The van der Waals surface area contributed by atoms with Crippen LogP contribution in [-0.4, -0.2) is 46.1 Å². The number of ether oxygens (including phenoxy) is 3. The number of halogens is 1. The predicted octanol–water partition coefficient (Wildman–Crippen LogP) is 8.78. The molecule has 258 valence electrons. The summed E-state index contributed by atoms with van der Waals surface area (Å²) in [6.45, 7) is 11.6. The van der Waals surface area contributed by atoms with Crippen molar-refractivity contribution in [1.82, 2.24) is 19.7 Å². The molecule has 1 aliphatic heterocycles. The molecule has 1 unspecified atom stereocenters. The van der Waals surface area contributed by atoms with Gasteiger partial charge in [0.25, 0.3) is 5.16 Å². The van der Waals surface area contributed by atoms with Crippen molar-refractivity contribution in [2.75, 3.05) is 12.4 Å². The van der Waals surface area contributed by atoms with Gasteiger partial charge in [-0.15, -0.1) is 0 Å². The molecule has 49 heavy (non-hydrogen) atoms. The third kappa shape index (κ3) is 6.38. The molecule has 1 saturated carbocycles. The largest absolute Gasteiger partial charge is 0.483 e. The van der Waals surface area contributed by atoms with Gasteiger partial charge in [0.15, 0.2) is 12.0 Å². The van der Waals surface area contributed by atoms with Gasteiger partial charge in [-0.2, -0.15) is 10.1 Å². The summed E-state index contributed by atoms with van der Waals surface area (Å²) in [5.41, 5.74) is 3.88. The molecule has 11 heteroatoms. The van der Waals surface area contributed by atoms with E-state index < -0.39 is 21.5 Å². The minimum absolute atomic E-state index is 0.165. The Morgan fingerprint density at radius 3 is 2.45 bits per heavy atom. The second-order valence-corrected chi connectivity index (χ2v) is 16.3. The van der Waals surface area contributed by atoms with Crippen molar-refractivity contribution in [1.29, 1.82) is 0 Å². The molecule has 0 spiro atoms. The average Bonchev–Trinajstić information content (AvgIpc) is 3.85. The van der Waals surface area contributed by atoms with Crippen molar-refractivity contribution in [3.63, 3.8) is 0 Å². The highest BCUT2D eigenvalue weighted by Crippen LogP contribution is 2.54. The molecule has 3 aromatic carbocycles. The predicted molar refractivity (Wildman–Crippen MR) is 187 cm³/mol. The van der Waals surface area contributed by atoms with Crippen LogP contribution in [0.5, 0.6) is 11.6 Å². The lowest BCUT2D eigenvalue weighted by atomic mass is 9.88. The maximum absolute atomic E-state index is 16.2. The number of benzene rings is 3. The van der Waals surface area contributed by atoms with E-state index in [0.717, 1.165) is 48.6 Å². The minimum atomic E-state index is -3.86. The van der Waals surface area contributed by atoms with Crippen molar-refractivity contribution < 1.29 is 27.0 Å². The van der Waals surface area contributed by atoms with Crippen LogP contribution in [0.1, 0.15) is 102 Å². The smallest absolute Gasteiger partial charge is 0.251 e. The molecule has 0 N–H and O–H groups in total. The van der Waals surface area contributed by atoms with Crippen LogP contribution in [0.15, 0.2) is 53.8 Å². The lowest BCUT2D eigenvalue weighted by Gasteiger charge is -2.26. The summed E-state index contributed by atoms with van der Waals surface area (Å²) in [4.78, 5) is 9.24. The summed E-state index contributed by atoms with van der Waals surface area (Å²) < 4.78 is 64.2. The van der Waals surface area contributed by atoms with Crippen molar-refractivity contribution >= 4 is 31.6 Å². The van der Waals surface area contributed by atoms with E-state index in [1.165, 1.54) is 6.07 Å². The van der Waals surface area contributed by atoms with Crippen LogP contribution in [0, 0.1) is 12.7 Å². The molecule has 1 saturated heterocycles. The standard InChI is InChI=1S/C38H43FN4O5S/c1-7-49(44,45)37-41-34-27(36(42-37)48-38(4,5)6)19-26(25-16-17-25)33(35(34)47-23(3)24-13-9-8-10-14-24)32-22(2)29(39)20-30-28(32)21-40-43(30)31-15-11-12-18-46-31/h8-10,13-14,19-21,23,25,31H,7,11-12,15-18H2,1-6H3/t23-,31?/m0/s1. The van der Waals surface area contributed by atoms with Gasteiger partial charge in [-0.3, -0.25) is 0 Å². The molecule has 1 aliphatic carbocycles. The first-order valence-electron chi connectivity index (χ1n) is 17.2. The normalized spacial score (nSPS) is 17.8. The zero-order valence-corrected chi connectivity index (χ0v) is 29.7. The maximum atomic E-state index is 16.2. The van der Waals surface area contributed by atoms with Crippen molar-refractivity contribution in [3.05, 3.63) is 71.2 Å². The molecular weight excluding hydrogens is 644 g/mol. The molecule has 2 fully saturated rings. The molecule has 0 bridgehead atoms. The van der Waals surface area contributed by atoms with Gasteiger partial charge in [0.1, 0.15) is 23.0 Å². The number of rotatable bonds is 9. The van der Waals surface area contributed by atoms with E-state index in [9.17, 15) is 8.42 Å². The third-order valence-corrected chi connectivity index (χ3v) is 10.8. The molecule has 2 aromatic heterocycles. The summed E-state index contributed by atoms with van der Waals surface area (Å²) in [5, 5.41) is 5.71. The van der Waals surface area contributed by atoms with Gasteiger partial charge in [-0.25, -0.2) is 22.5 Å². The Balaban J connectivity index is 1.59. The lowest BCUT2D eigenvalue weighted by molar-refractivity contribution is -0.0366. The topological polar surface area (TPSA) is 105 Å². The Kier molecular flexibility index (Phi) is 8.63. The molecule has 2 aliphatic rings. The molecule has 3 heterocycles. The van der Waals surface area contributed by atoms with Crippen LogP contribution in [0.3, 0.4) is 0 Å². The molecule has 9 nitrogen and oxygen atoms in total. The Labute approximate surface area is 286 Å². The maximum Gasteiger partial charge on any atom is 0.251 e. The Morgan fingerprint density at radius 1 is 1.04 bits per heavy atom.